The second kappa shape index (κ2) is 9.80. The van der Waals surface area contributed by atoms with Crippen LogP contribution in [0.15, 0.2) is 42.5 Å². The quantitative estimate of drug-likeness (QED) is 0.556. The Morgan fingerprint density at radius 1 is 0.938 bits per heavy atom. The molecule has 3 aliphatic rings. The summed E-state index contributed by atoms with van der Waals surface area (Å²) in [6.45, 7) is 5.73. The van der Waals surface area contributed by atoms with Crippen LogP contribution in [0.4, 0.5) is 4.39 Å². The van der Waals surface area contributed by atoms with Crippen LogP contribution in [0.5, 0.6) is 11.5 Å². The zero-order valence-electron chi connectivity index (χ0n) is 19.1. The molecule has 4 nitrogen and oxygen atoms in total. The molecule has 5 rings (SSSR count). The summed E-state index contributed by atoms with van der Waals surface area (Å²) in [6.07, 6.45) is 4.24. The molecule has 3 aliphatic heterocycles. The lowest BCUT2D eigenvalue weighted by atomic mass is 9.81. The van der Waals surface area contributed by atoms with Gasteiger partial charge >= 0.3 is 0 Å². The number of likely N-dealkylation sites (tertiary alicyclic amines) is 1. The molecule has 172 valence electrons. The van der Waals surface area contributed by atoms with Crippen molar-refractivity contribution in [3.05, 3.63) is 59.2 Å². The number of nitrogens with zero attached hydrogens (tertiary/aromatic N) is 2. The highest BCUT2D eigenvalue weighted by Gasteiger charge is 2.36. The number of rotatable bonds is 7. The largest absolute Gasteiger partial charge is 0.497 e. The third-order valence-corrected chi connectivity index (χ3v) is 7.50. The summed E-state index contributed by atoms with van der Waals surface area (Å²) in [5.74, 6) is 2.27. The SMILES string of the molecule is COc1ccc([C@H]2CN3CCC[C@@H]3c3cc(OCCCN4CCC(F)CC4)ccc32)cc1. The minimum Gasteiger partial charge on any atom is -0.497 e. The molecule has 2 atom stereocenters. The molecule has 0 bridgehead atoms. The summed E-state index contributed by atoms with van der Waals surface area (Å²) in [5.41, 5.74) is 4.24. The Hall–Kier alpha value is -2.11. The molecular weight excluding hydrogens is 403 g/mol. The van der Waals surface area contributed by atoms with E-state index in [2.05, 4.69) is 52.3 Å². The number of halogens is 1. The first-order chi connectivity index (χ1) is 15.7. The highest BCUT2D eigenvalue weighted by Crippen LogP contribution is 2.45. The van der Waals surface area contributed by atoms with Crippen LogP contribution in [-0.2, 0) is 0 Å². The Kier molecular flexibility index (Phi) is 6.65. The van der Waals surface area contributed by atoms with Crippen molar-refractivity contribution in [1.29, 1.82) is 0 Å². The maximum absolute atomic E-state index is 13.3. The number of alkyl halides is 1. The first-order valence-corrected chi connectivity index (χ1v) is 12.2. The number of benzene rings is 2. The zero-order valence-corrected chi connectivity index (χ0v) is 19.1. The van der Waals surface area contributed by atoms with Crippen LogP contribution in [0.2, 0.25) is 0 Å². The van der Waals surface area contributed by atoms with Crippen LogP contribution >= 0.6 is 0 Å². The Morgan fingerprint density at radius 3 is 2.50 bits per heavy atom. The van der Waals surface area contributed by atoms with E-state index in [9.17, 15) is 4.39 Å². The third-order valence-electron chi connectivity index (χ3n) is 7.50. The fraction of sp³-hybridized carbons (Fsp3) is 0.556. The summed E-state index contributed by atoms with van der Waals surface area (Å²) in [7, 11) is 1.72. The van der Waals surface area contributed by atoms with Crippen LogP contribution in [0.1, 0.15) is 60.8 Å². The van der Waals surface area contributed by atoms with Crippen LogP contribution in [0, 0.1) is 0 Å². The van der Waals surface area contributed by atoms with Crippen molar-refractivity contribution in [2.45, 2.75) is 50.2 Å². The molecule has 0 unspecified atom stereocenters. The Morgan fingerprint density at radius 2 is 1.72 bits per heavy atom. The van der Waals surface area contributed by atoms with Crippen molar-refractivity contribution >= 4 is 0 Å². The van der Waals surface area contributed by atoms with E-state index in [-0.39, 0.29) is 0 Å². The van der Waals surface area contributed by atoms with E-state index in [4.69, 9.17) is 9.47 Å². The van der Waals surface area contributed by atoms with E-state index in [1.165, 1.54) is 36.1 Å². The standard InChI is InChI=1S/C27H35FN2O2/c1-31-22-7-5-20(6-8-22)26-19-30-14-2-4-27(30)25-18-23(9-10-24(25)26)32-17-3-13-29-15-11-21(28)12-16-29/h5-10,18,21,26-27H,2-4,11-17,19H2,1H3/t26-,27-/m1/s1. The average Bonchev–Trinajstić information content (AvgIpc) is 3.31. The molecular formula is C27H35FN2O2. The summed E-state index contributed by atoms with van der Waals surface area (Å²) in [4.78, 5) is 5.01. The lowest BCUT2D eigenvalue weighted by Gasteiger charge is -2.37. The third kappa shape index (κ3) is 4.65. The van der Waals surface area contributed by atoms with Crippen LogP contribution in [-0.4, -0.2) is 62.4 Å². The van der Waals surface area contributed by atoms with Crippen LogP contribution < -0.4 is 9.47 Å². The van der Waals surface area contributed by atoms with Gasteiger partial charge in [0.25, 0.3) is 0 Å². The van der Waals surface area contributed by atoms with Gasteiger partial charge in [-0.05, 0) is 79.6 Å². The fourth-order valence-electron chi connectivity index (χ4n) is 5.70. The summed E-state index contributed by atoms with van der Waals surface area (Å²) >= 11 is 0. The van der Waals surface area contributed by atoms with Crippen LogP contribution in [0.25, 0.3) is 0 Å². The molecule has 2 aromatic rings. The Labute approximate surface area is 191 Å². The number of ether oxygens (including phenoxy) is 2. The van der Waals surface area contributed by atoms with Gasteiger partial charge in [-0.15, -0.1) is 0 Å². The predicted octanol–water partition coefficient (Wildman–Crippen LogP) is 5.18. The number of piperidine rings is 1. The van der Waals surface area contributed by atoms with Gasteiger partial charge in [0.05, 0.1) is 13.7 Å². The Balaban J connectivity index is 1.26. The summed E-state index contributed by atoms with van der Waals surface area (Å²) in [6, 6.07) is 15.8. The van der Waals surface area contributed by atoms with Crippen molar-refractivity contribution in [2.24, 2.45) is 0 Å². The van der Waals surface area contributed by atoms with Gasteiger partial charge in [0.1, 0.15) is 17.7 Å². The zero-order chi connectivity index (χ0) is 21.9. The number of fused-ring (bicyclic) bond motifs is 3. The highest BCUT2D eigenvalue weighted by atomic mass is 19.1. The second-order valence-electron chi connectivity index (χ2n) is 9.49. The molecule has 0 radical (unpaired) electrons. The highest BCUT2D eigenvalue weighted by molar-refractivity contribution is 5.47. The molecule has 3 heterocycles. The first-order valence-electron chi connectivity index (χ1n) is 12.2. The molecule has 2 fully saturated rings. The smallest absolute Gasteiger partial charge is 0.119 e. The second-order valence-corrected chi connectivity index (χ2v) is 9.49. The summed E-state index contributed by atoms with van der Waals surface area (Å²) in [5, 5.41) is 0. The topological polar surface area (TPSA) is 24.9 Å². The van der Waals surface area contributed by atoms with E-state index in [1.54, 1.807) is 7.11 Å². The van der Waals surface area contributed by atoms with Gasteiger partial charge in [-0.1, -0.05) is 18.2 Å². The van der Waals surface area contributed by atoms with Crippen molar-refractivity contribution in [3.8, 4) is 11.5 Å². The lowest BCUT2D eigenvalue weighted by Crippen LogP contribution is -2.35. The molecule has 0 aliphatic carbocycles. The molecule has 2 aromatic carbocycles. The van der Waals surface area contributed by atoms with E-state index in [0.717, 1.165) is 44.1 Å². The van der Waals surface area contributed by atoms with E-state index < -0.39 is 6.17 Å². The molecule has 32 heavy (non-hydrogen) atoms. The van der Waals surface area contributed by atoms with Crippen molar-refractivity contribution in [3.63, 3.8) is 0 Å². The van der Waals surface area contributed by atoms with E-state index in [0.29, 0.717) is 31.4 Å². The monoisotopic (exact) mass is 438 g/mol. The maximum atomic E-state index is 13.3. The number of hydrogen-bond acceptors (Lipinski definition) is 4. The molecule has 5 heteroatoms. The Bertz CT molecular complexity index is 895. The van der Waals surface area contributed by atoms with Crippen molar-refractivity contribution in [1.82, 2.24) is 9.80 Å². The van der Waals surface area contributed by atoms with Gasteiger partial charge in [0.15, 0.2) is 0 Å². The van der Waals surface area contributed by atoms with Crippen molar-refractivity contribution in [2.75, 3.05) is 46.4 Å². The van der Waals surface area contributed by atoms with Crippen LogP contribution in [0.3, 0.4) is 0 Å². The molecule has 0 amide bonds. The molecule has 0 aromatic heterocycles. The van der Waals surface area contributed by atoms with E-state index in [1.807, 2.05) is 0 Å². The van der Waals surface area contributed by atoms with Gasteiger partial charge in [-0.2, -0.15) is 0 Å². The van der Waals surface area contributed by atoms with Gasteiger partial charge in [0.2, 0.25) is 0 Å². The van der Waals surface area contributed by atoms with Gasteiger partial charge < -0.3 is 14.4 Å². The maximum Gasteiger partial charge on any atom is 0.119 e. The number of methoxy groups -OCH3 is 1. The lowest BCUT2D eigenvalue weighted by molar-refractivity contribution is 0.143. The molecule has 2 saturated heterocycles. The van der Waals surface area contributed by atoms with Crippen molar-refractivity contribution < 1.29 is 13.9 Å². The molecule has 0 N–H and O–H groups in total. The minimum atomic E-state index is -0.602. The van der Waals surface area contributed by atoms with E-state index >= 15 is 0 Å². The average molecular weight is 439 g/mol. The van der Waals surface area contributed by atoms with Gasteiger partial charge in [-0.3, -0.25) is 4.90 Å². The van der Waals surface area contributed by atoms with Gasteiger partial charge in [0, 0.05) is 38.1 Å². The predicted molar refractivity (Wildman–Crippen MR) is 126 cm³/mol. The summed E-state index contributed by atoms with van der Waals surface area (Å²) < 4.78 is 24.8. The normalized spacial score (nSPS) is 24.2. The molecule has 0 spiro atoms. The first kappa shape index (κ1) is 21.7. The number of hydrogen-bond donors (Lipinski definition) is 0. The fourth-order valence-corrected chi connectivity index (χ4v) is 5.70. The molecule has 0 saturated carbocycles. The minimum absolute atomic E-state index is 0.387. The van der Waals surface area contributed by atoms with Gasteiger partial charge in [-0.25, -0.2) is 4.39 Å².